The number of carbonyl (C=O) groups is 1. The number of Topliss-reactive ketones (excluding diaryl/α,β-unsaturated/α-hetero) is 1. The molecule has 0 amide bonds. The minimum absolute atomic E-state index is 0.0483. The summed E-state index contributed by atoms with van der Waals surface area (Å²) in [7, 11) is 3.56. The van der Waals surface area contributed by atoms with E-state index in [2.05, 4.69) is 16.8 Å². The number of methoxy groups -OCH3 is 1. The summed E-state index contributed by atoms with van der Waals surface area (Å²) in [6, 6.07) is 15.3. The van der Waals surface area contributed by atoms with Crippen LogP contribution in [0.1, 0.15) is 29.2 Å². The molecule has 8 heteroatoms. The van der Waals surface area contributed by atoms with E-state index in [0.717, 1.165) is 16.7 Å². The molecule has 0 saturated carbocycles. The van der Waals surface area contributed by atoms with Gasteiger partial charge in [0.25, 0.3) is 0 Å². The molecule has 1 unspecified atom stereocenters. The Hall–Kier alpha value is -3.52. The molecule has 0 radical (unpaired) electrons. The molecule has 0 saturated heterocycles. The third kappa shape index (κ3) is 4.80. The summed E-state index contributed by atoms with van der Waals surface area (Å²) in [4.78, 5) is 13.0. The second-order valence-corrected chi connectivity index (χ2v) is 8.50. The van der Waals surface area contributed by atoms with Gasteiger partial charge in [-0.25, -0.2) is 0 Å². The van der Waals surface area contributed by atoms with Crippen molar-refractivity contribution < 1.29 is 14.3 Å². The van der Waals surface area contributed by atoms with Gasteiger partial charge in [0.15, 0.2) is 22.9 Å². The van der Waals surface area contributed by atoms with Gasteiger partial charge in [-0.3, -0.25) is 9.36 Å². The van der Waals surface area contributed by atoms with E-state index in [0.29, 0.717) is 28.8 Å². The van der Waals surface area contributed by atoms with E-state index in [-0.39, 0.29) is 17.6 Å². The predicted molar refractivity (Wildman–Crippen MR) is 130 cm³/mol. The molecule has 0 fully saturated rings. The molecule has 4 aromatic rings. The molecule has 33 heavy (non-hydrogen) atoms. The molecule has 170 valence electrons. The minimum atomic E-state index is -0.354. The summed E-state index contributed by atoms with van der Waals surface area (Å²) < 4.78 is 15.2. The fourth-order valence-electron chi connectivity index (χ4n) is 3.71. The molecular formula is C25H26N4O3S. The summed E-state index contributed by atoms with van der Waals surface area (Å²) in [5.74, 6) is 2.37. The van der Waals surface area contributed by atoms with Crippen molar-refractivity contribution in [3.05, 3.63) is 78.8 Å². The molecule has 0 aliphatic heterocycles. The largest absolute Gasteiger partial charge is 0.497 e. The zero-order valence-electron chi connectivity index (χ0n) is 18.9. The van der Waals surface area contributed by atoms with Crippen LogP contribution in [-0.2, 0) is 13.6 Å². The maximum absolute atomic E-state index is 13.0. The van der Waals surface area contributed by atoms with Crippen molar-refractivity contribution in [2.75, 3.05) is 12.9 Å². The van der Waals surface area contributed by atoms with Gasteiger partial charge in [-0.15, -0.1) is 16.8 Å². The van der Waals surface area contributed by atoms with Crippen LogP contribution in [-0.4, -0.2) is 38.0 Å². The van der Waals surface area contributed by atoms with Crippen LogP contribution in [0, 0.1) is 0 Å². The molecule has 4 rings (SSSR count). The maximum atomic E-state index is 13.0. The van der Waals surface area contributed by atoms with Gasteiger partial charge in [0.2, 0.25) is 0 Å². The summed E-state index contributed by atoms with van der Waals surface area (Å²) in [6.07, 6.45) is 3.31. The smallest absolute Gasteiger partial charge is 0.192 e. The number of aryl methyl sites for hydroxylation is 1. The molecule has 0 bridgehead atoms. The van der Waals surface area contributed by atoms with Crippen LogP contribution in [0.25, 0.3) is 10.9 Å². The van der Waals surface area contributed by atoms with Crippen molar-refractivity contribution in [3.8, 4) is 11.5 Å². The van der Waals surface area contributed by atoms with Gasteiger partial charge in [0, 0.05) is 42.3 Å². The average molecular weight is 463 g/mol. The molecule has 7 nitrogen and oxygen atoms in total. The van der Waals surface area contributed by atoms with E-state index in [4.69, 9.17) is 9.47 Å². The second kappa shape index (κ2) is 9.95. The van der Waals surface area contributed by atoms with Gasteiger partial charge < -0.3 is 14.0 Å². The number of ether oxygens (including phenoxy) is 2. The lowest BCUT2D eigenvalue weighted by atomic mass is 10.1. The van der Waals surface area contributed by atoms with Crippen LogP contribution in [0.15, 0.2) is 72.5 Å². The van der Waals surface area contributed by atoms with Crippen molar-refractivity contribution in [2.24, 2.45) is 7.05 Å². The predicted octanol–water partition coefficient (Wildman–Crippen LogP) is 5.08. The lowest BCUT2D eigenvalue weighted by molar-refractivity contribution is 0.102. The van der Waals surface area contributed by atoms with Gasteiger partial charge >= 0.3 is 0 Å². The number of benzene rings is 2. The maximum Gasteiger partial charge on any atom is 0.192 e. The number of nitrogens with zero attached hydrogens (tertiary/aromatic N) is 4. The molecule has 2 aromatic heterocycles. The van der Waals surface area contributed by atoms with Crippen molar-refractivity contribution in [1.29, 1.82) is 0 Å². The number of hydrogen-bond donors (Lipinski definition) is 0. The third-order valence-corrected chi connectivity index (χ3v) is 6.27. The fourth-order valence-corrected chi connectivity index (χ4v) is 4.55. The molecule has 0 aliphatic carbocycles. The van der Waals surface area contributed by atoms with Crippen molar-refractivity contribution in [1.82, 2.24) is 19.3 Å². The number of rotatable bonds is 10. The van der Waals surface area contributed by atoms with Crippen LogP contribution in [0.4, 0.5) is 0 Å². The number of allylic oxidation sites excluding steroid dienone is 1. The first kappa shape index (κ1) is 22.7. The lowest BCUT2D eigenvalue weighted by Gasteiger charge is -2.16. The highest BCUT2D eigenvalue weighted by Gasteiger charge is 2.21. The Morgan fingerprint density at radius 3 is 2.76 bits per heavy atom. The van der Waals surface area contributed by atoms with E-state index in [9.17, 15) is 4.79 Å². The van der Waals surface area contributed by atoms with E-state index in [1.54, 1.807) is 13.2 Å². The molecule has 2 aromatic carbocycles. The topological polar surface area (TPSA) is 71.2 Å². The van der Waals surface area contributed by atoms with Gasteiger partial charge in [-0.2, -0.15) is 0 Å². The van der Waals surface area contributed by atoms with Crippen molar-refractivity contribution >= 4 is 28.4 Å². The van der Waals surface area contributed by atoms with Crippen molar-refractivity contribution in [3.63, 3.8) is 0 Å². The SMILES string of the molecule is C=CCn1c(SCC(=O)c2cn(C)c3ccccc23)nnc1C(C)Oc1cccc(OC)c1. The van der Waals surface area contributed by atoms with Crippen LogP contribution in [0.3, 0.4) is 0 Å². The fraction of sp³-hybridized carbons (Fsp3) is 0.240. The monoisotopic (exact) mass is 462 g/mol. The highest BCUT2D eigenvalue weighted by Crippen LogP contribution is 2.28. The lowest BCUT2D eigenvalue weighted by Crippen LogP contribution is -2.12. The first-order valence-electron chi connectivity index (χ1n) is 10.6. The summed E-state index contributed by atoms with van der Waals surface area (Å²) in [5, 5.41) is 10.3. The Morgan fingerprint density at radius 1 is 1.18 bits per heavy atom. The first-order chi connectivity index (χ1) is 16.0. The third-order valence-electron chi connectivity index (χ3n) is 5.30. The number of thioether (sulfide) groups is 1. The Balaban J connectivity index is 1.51. The Morgan fingerprint density at radius 2 is 1.97 bits per heavy atom. The van der Waals surface area contributed by atoms with Crippen LogP contribution >= 0.6 is 11.8 Å². The van der Waals surface area contributed by atoms with Gasteiger partial charge in [0.1, 0.15) is 11.5 Å². The zero-order chi connectivity index (χ0) is 23.4. The Kier molecular flexibility index (Phi) is 6.84. The summed E-state index contributed by atoms with van der Waals surface area (Å²) >= 11 is 1.37. The molecular weight excluding hydrogens is 436 g/mol. The molecule has 0 N–H and O–H groups in total. The van der Waals surface area contributed by atoms with Gasteiger partial charge in [0.05, 0.1) is 12.9 Å². The van der Waals surface area contributed by atoms with E-state index in [1.807, 2.05) is 77.8 Å². The number of ketones is 1. The number of para-hydroxylation sites is 1. The average Bonchev–Trinajstić information content (AvgIpc) is 3.39. The van der Waals surface area contributed by atoms with Crippen molar-refractivity contribution in [2.45, 2.75) is 24.7 Å². The first-order valence-corrected chi connectivity index (χ1v) is 11.5. The molecule has 0 aliphatic rings. The minimum Gasteiger partial charge on any atom is -0.497 e. The van der Waals surface area contributed by atoms with Gasteiger partial charge in [-0.05, 0) is 25.1 Å². The highest BCUT2D eigenvalue weighted by atomic mass is 32.2. The van der Waals surface area contributed by atoms with E-state index in [1.165, 1.54) is 11.8 Å². The quantitative estimate of drug-likeness (QED) is 0.186. The Labute approximate surface area is 197 Å². The number of hydrogen-bond acceptors (Lipinski definition) is 6. The Bertz CT molecular complexity index is 1290. The number of fused-ring (bicyclic) bond motifs is 1. The molecule has 1 atom stereocenters. The highest BCUT2D eigenvalue weighted by molar-refractivity contribution is 7.99. The van der Waals surface area contributed by atoms with Gasteiger partial charge in [-0.1, -0.05) is 42.1 Å². The van der Waals surface area contributed by atoms with E-state index < -0.39 is 0 Å². The summed E-state index contributed by atoms with van der Waals surface area (Å²) in [6.45, 7) is 6.28. The number of aromatic nitrogens is 4. The van der Waals surface area contributed by atoms with E-state index >= 15 is 0 Å². The molecule has 0 spiro atoms. The van der Waals surface area contributed by atoms with Crippen LogP contribution in [0.5, 0.6) is 11.5 Å². The van der Waals surface area contributed by atoms with Crippen LogP contribution in [0.2, 0.25) is 0 Å². The van der Waals surface area contributed by atoms with Crippen LogP contribution < -0.4 is 9.47 Å². The second-order valence-electron chi connectivity index (χ2n) is 7.56. The zero-order valence-corrected chi connectivity index (χ0v) is 19.7. The number of carbonyl (C=O) groups excluding carboxylic acids is 1. The molecule has 2 heterocycles. The normalized spacial score (nSPS) is 12.0. The summed E-state index contributed by atoms with van der Waals surface area (Å²) in [5.41, 5.74) is 1.75. The standard InChI is InChI=1S/C25H26N4O3S/c1-5-13-29-24(17(2)32-19-10-8-9-18(14-19)31-4)26-27-25(29)33-16-23(30)21-15-28(3)22-12-7-6-11-20(21)22/h5-12,14-15,17H,1,13,16H2,2-4H3.